The second-order valence-corrected chi connectivity index (χ2v) is 9.23. The summed E-state index contributed by atoms with van der Waals surface area (Å²) in [4.78, 5) is 40.2. The number of aliphatic hydroxyl groups excluding tert-OH is 1. The van der Waals surface area contributed by atoms with Crippen molar-refractivity contribution >= 4 is 17.8 Å². The van der Waals surface area contributed by atoms with E-state index in [1.54, 1.807) is 32.9 Å². The Morgan fingerprint density at radius 2 is 1.73 bits per heavy atom. The van der Waals surface area contributed by atoms with Crippen molar-refractivity contribution in [1.29, 1.82) is 0 Å². The molecule has 1 heterocycles. The normalized spacial score (nSPS) is 25.7. The molecule has 1 saturated carbocycles. The van der Waals surface area contributed by atoms with E-state index in [2.05, 4.69) is 5.32 Å². The van der Waals surface area contributed by atoms with Crippen LogP contribution in [0, 0.1) is 5.92 Å². The highest BCUT2D eigenvalue weighted by Gasteiger charge is 2.42. The fourth-order valence-corrected chi connectivity index (χ4v) is 4.16. The summed E-state index contributed by atoms with van der Waals surface area (Å²) in [5, 5.41) is 12.5. The second-order valence-electron chi connectivity index (χ2n) is 9.23. The van der Waals surface area contributed by atoms with Gasteiger partial charge in [0.25, 0.3) is 0 Å². The average Bonchev–Trinajstić information content (AvgIpc) is 3.02. The largest absolute Gasteiger partial charge is 0.458 e. The van der Waals surface area contributed by atoms with Crippen LogP contribution >= 0.6 is 0 Å². The van der Waals surface area contributed by atoms with Gasteiger partial charge in [0.15, 0.2) is 6.04 Å². The number of esters is 1. The number of nitrogens with one attached hydrogen (secondary N) is 1. The third-order valence-corrected chi connectivity index (χ3v) is 5.68. The lowest BCUT2D eigenvalue weighted by Crippen LogP contribution is -2.46. The Kier molecular flexibility index (Phi) is 6.81. The van der Waals surface area contributed by atoms with E-state index >= 15 is 0 Å². The lowest BCUT2D eigenvalue weighted by Gasteiger charge is -2.30. The van der Waals surface area contributed by atoms with E-state index < -0.39 is 23.7 Å². The topological polar surface area (TPSA) is 95.9 Å². The number of ether oxygens (including phenoxy) is 1. The zero-order valence-electron chi connectivity index (χ0n) is 18.0. The average molecular weight is 417 g/mol. The van der Waals surface area contributed by atoms with E-state index in [9.17, 15) is 19.5 Å². The highest BCUT2D eigenvalue weighted by atomic mass is 16.6. The van der Waals surface area contributed by atoms with Gasteiger partial charge in [-0.1, -0.05) is 30.3 Å². The number of likely N-dealkylation sites (tertiary alicyclic amines) is 1. The van der Waals surface area contributed by atoms with Crippen molar-refractivity contribution in [2.24, 2.45) is 5.92 Å². The molecule has 0 spiro atoms. The summed E-state index contributed by atoms with van der Waals surface area (Å²) < 4.78 is 5.59. The fourth-order valence-electron chi connectivity index (χ4n) is 4.16. The third-order valence-electron chi connectivity index (χ3n) is 5.68. The molecule has 2 N–H and O–H groups in total. The number of rotatable bonds is 5. The van der Waals surface area contributed by atoms with Crippen LogP contribution in [0.25, 0.3) is 0 Å². The van der Waals surface area contributed by atoms with Gasteiger partial charge >= 0.3 is 5.97 Å². The van der Waals surface area contributed by atoms with Gasteiger partial charge < -0.3 is 20.1 Å². The molecule has 1 saturated heterocycles. The third kappa shape index (κ3) is 5.39. The van der Waals surface area contributed by atoms with Gasteiger partial charge in [-0.3, -0.25) is 9.59 Å². The molecule has 3 rings (SSSR count). The van der Waals surface area contributed by atoms with Crippen molar-refractivity contribution in [2.45, 2.75) is 76.7 Å². The Morgan fingerprint density at radius 3 is 2.33 bits per heavy atom. The number of amides is 2. The first-order valence-electron chi connectivity index (χ1n) is 10.7. The first-order valence-corrected chi connectivity index (χ1v) is 10.7. The molecular formula is C23H32N2O5. The van der Waals surface area contributed by atoms with Gasteiger partial charge in [-0.25, -0.2) is 4.79 Å². The molecule has 0 radical (unpaired) electrons. The monoisotopic (exact) mass is 416 g/mol. The quantitative estimate of drug-likeness (QED) is 0.719. The van der Waals surface area contributed by atoms with Gasteiger partial charge in [0, 0.05) is 12.5 Å². The maximum Gasteiger partial charge on any atom is 0.334 e. The highest BCUT2D eigenvalue weighted by Crippen LogP contribution is 2.30. The molecule has 2 atom stereocenters. The molecule has 1 aromatic rings. The van der Waals surface area contributed by atoms with Crippen LogP contribution in [0.5, 0.6) is 0 Å². The minimum absolute atomic E-state index is 0.143. The Hall–Kier alpha value is -2.41. The number of benzene rings is 1. The number of aliphatic hydroxyl groups is 1. The van der Waals surface area contributed by atoms with Crippen molar-refractivity contribution < 1.29 is 24.2 Å². The molecule has 1 aliphatic heterocycles. The second kappa shape index (κ2) is 9.16. The van der Waals surface area contributed by atoms with E-state index in [1.807, 2.05) is 18.2 Å². The summed E-state index contributed by atoms with van der Waals surface area (Å²) in [6, 6.07) is 7.63. The van der Waals surface area contributed by atoms with E-state index in [-0.39, 0.29) is 23.8 Å². The van der Waals surface area contributed by atoms with Gasteiger partial charge in [0.1, 0.15) is 11.6 Å². The maximum atomic E-state index is 13.1. The van der Waals surface area contributed by atoms with Crippen LogP contribution in [0.1, 0.15) is 64.5 Å². The van der Waals surface area contributed by atoms with Gasteiger partial charge in [-0.2, -0.15) is 0 Å². The summed E-state index contributed by atoms with van der Waals surface area (Å²) in [6.07, 6.45) is 2.59. The van der Waals surface area contributed by atoms with Crippen LogP contribution in [0.15, 0.2) is 30.3 Å². The van der Waals surface area contributed by atoms with Crippen LogP contribution in [0.3, 0.4) is 0 Å². The van der Waals surface area contributed by atoms with Crippen LogP contribution in [-0.2, 0) is 19.1 Å². The zero-order chi connectivity index (χ0) is 21.9. The molecule has 2 aliphatic rings. The summed E-state index contributed by atoms with van der Waals surface area (Å²) in [6.45, 7) is 5.75. The molecule has 1 aliphatic carbocycles. The molecule has 30 heavy (non-hydrogen) atoms. The van der Waals surface area contributed by atoms with Crippen molar-refractivity contribution in [3.8, 4) is 0 Å². The Labute approximate surface area is 177 Å². The molecular weight excluding hydrogens is 384 g/mol. The smallest absolute Gasteiger partial charge is 0.334 e. The Balaban J connectivity index is 1.72. The molecule has 2 fully saturated rings. The highest BCUT2D eigenvalue weighted by molar-refractivity contribution is 5.93. The molecule has 1 aromatic carbocycles. The van der Waals surface area contributed by atoms with E-state index in [0.29, 0.717) is 44.2 Å². The molecule has 0 aromatic heterocycles. The van der Waals surface area contributed by atoms with Crippen LogP contribution in [0.2, 0.25) is 0 Å². The molecule has 2 amide bonds. The van der Waals surface area contributed by atoms with Gasteiger partial charge in [-0.15, -0.1) is 0 Å². The Morgan fingerprint density at radius 1 is 1.10 bits per heavy atom. The summed E-state index contributed by atoms with van der Waals surface area (Å²) >= 11 is 0. The van der Waals surface area contributed by atoms with Gasteiger partial charge in [0.2, 0.25) is 11.8 Å². The van der Waals surface area contributed by atoms with Crippen LogP contribution in [-0.4, -0.2) is 52.1 Å². The molecule has 2 unspecified atom stereocenters. The number of carbonyl (C=O) groups excluding carboxylic acids is 3. The van der Waals surface area contributed by atoms with Gasteiger partial charge in [-0.05, 0) is 58.4 Å². The summed E-state index contributed by atoms with van der Waals surface area (Å²) in [7, 11) is 0. The number of nitrogens with zero attached hydrogens (tertiary/aromatic N) is 1. The predicted molar refractivity (Wildman–Crippen MR) is 111 cm³/mol. The standard InChI is InChI=1S/C23H32N2O5/c1-23(2,3)30-22(29)19(15-7-5-4-6-8-15)25-14-13-18(21(25)28)24-20(27)16-9-11-17(26)12-10-16/h4-8,16-19,26H,9-14H2,1-3H3,(H,24,27). The summed E-state index contributed by atoms with van der Waals surface area (Å²) in [5.41, 5.74) is 0.0137. The van der Waals surface area contributed by atoms with E-state index in [0.717, 1.165) is 0 Å². The van der Waals surface area contributed by atoms with Crippen molar-refractivity contribution in [3.05, 3.63) is 35.9 Å². The minimum Gasteiger partial charge on any atom is -0.458 e. The number of hydrogen-bond acceptors (Lipinski definition) is 5. The molecule has 7 heteroatoms. The lowest BCUT2D eigenvalue weighted by molar-refractivity contribution is -0.164. The van der Waals surface area contributed by atoms with Gasteiger partial charge in [0.05, 0.1) is 6.10 Å². The first-order chi connectivity index (χ1) is 14.2. The zero-order valence-corrected chi connectivity index (χ0v) is 18.0. The molecule has 7 nitrogen and oxygen atoms in total. The maximum absolute atomic E-state index is 13.1. The lowest BCUT2D eigenvalue weighted by atomic mass is 9.87. The fraction of sp³-hybridized carbons (Fsp3) is 0.609. The Bertz CT molecular complexity index is 766. The summed E-state index contributed by atoms with van der Waals surface area (Å²) in [5.74, 6) is -1.06. The molecule has 164 valence electrons. The van der Waals surface area contributed by atoms with Crippen LogP contribution in [0.4, 0.5) is 0 Å². The van der Waals surface area contributed by atoms with E-state index in [1.165, 1.54) is 4.90 Å². The SMILES string of the molecule is CC(C)(C)OC(=O)C(c1ccccc1)N1CCC(NC(=O)C2CCC(O)CC2)C1=O. The minimum atomic E-state index is -0.843. The number of hydrogen-bond donors (Lipinski definition) is 2. The first kappa shape index (κ1) is 22.3. The predicted octanol–water partition coefficient (Wildman–Crippen LogP) is 2.34. The molecule has 0 bridgehead atoms. The number of carbonyl (C=O) groups is 3. The van der Waals surface area contributed by atoms with Crippen molar-refractivity contribution in [1.82, 2.24) is 10.2 Å². The van der Waals surface area contributed by atoms with E-state index in [4.69, 9.17) is 4.74 Å². The van der Waals surface area contributed by atoms with Crippen LogP contribution < -0.4 is 5.32 Å². The van der Waals surface area contributed by atoms with Crippen molar-refractivity contribution in [3.63, 3.8) is 0 Å². The van der Waals surface area contributed by atoms with Crippen molar-refractivity contribution in [2.75, 3.05) is 6.54 Å².